The van der Waals surface area contributed by atoms with E-state index in [4.69, 9.17) is 4.53 Å². The minimum absolute atomic E-state index is 0.104. The SMILES string of the molecule is C=CCCN(CC=C)CCCN(O[Si](C)(C)C(C)(C)C)S(=O)(=O)c1ccc(C)cc1. The Hall–Kier alpha value is -1.25. The van der Waals surface area contributed by atoms with Crippen LogP contribution >= 0.6 is 0 Å². The Bertz CT molecular complexity index is 784. The number of hydroxylamine groups is 1. The van der Waals surface area contributed by atoms with Crippen LogP contribution in [0.2, 0.25) is 18.1 Å². The largest absolute Gasteiger partial charge is 0.329 e. The van der Waals surface area contributed by atoms with Gasteiger partial charge in [-0.3, -0.25) is 4.90 Å². The normalized spacial score (nSPS) is 13.1. The summed E-state index contributed by atoms with van der Waals surface area (Å²) in [5.74, 6) is 0. The van der Waals surface area contributed by atoms with E-state index in [1.165, 1.54) is 4.47 Å². The molecule has 0 atom stereocenters. The van der Waals surface area contributed by atoms with Crippen LogP contribution in [0.4, 0.5) is 0 Å². The van der Waals surface area contributed by atoms with Crippen molar-refractivity contribution < 1.29 is 12.9 Å². The van der Waals surface area contributed by atoms with Gasteiger partial charge >= 0.3 is 0 Å². The van der Waals surface area contributed by atoms with E-state index < -0.39 is 18.3 Å². The van der Waals surface area contributed by atoms with E-state index in [-0.39, 0.29) is 9.93 Å². The average Bonchev–Trinajstić information content (AvgIpc) is 2.64. The minimum Gasteiger partial charge on any atom is -0.329 e. The van der Waals surface area contributed by atoms with Crippen LogP contribution in [0.5, 0.6) is 0 Å². The first kappa shape index (κ1) is 26.8. The molecule has 0 spiro atoms. The lowest BCUT2D eigenvalue weighted by molar-refractivity contribution is 0.0158. The molecular formula is C23H40N2O3SSi. The molecule has 0 bridgehead atoms. The number of benzene rings is 1. The molecule has 5 nitrogen and oxygen atoms in total. The van der Waals surface area contributed by atoms with Gasteiger partial charge in [0, 0.05) is 19.6 Å². The fourth-order valence-corrected chi connectivity index (χ4v) is 5.52. The zero-order valence-corrected chi connectivity index (χ0v) is 21.5. The molecule has 0 saturated heterocycles. The lowest BCUT2D eigenvalue weighted by Gasteiger charge is -2.39. The maximum Gasteiger partial charge on any atom is 0.264 e. The molecule has 30 heavy (non-hydrogen) atoms. The highest BCUT2D eigenvalue weighted by atomic mass is 32.2. The average molecular weight is 453 g/mol. The van der Waals surface area contributed by atoms with Gasteiger partial charge in [-0.2, -0.15) is 0 Å². The molecule has 170 valence electrons. The Morgan fingerprint density at radius 2 is 1.63 bits per heavy atom. The van der Waals surface area contributed by atoms with Crippen molar-refractivity contribution >= 4 is 18.3 Å². The summed E-state index contributed by atoms with van der Waals surface area (Å²) in [6.45, 7) is 22.7. The Kier molecular flexibility index (Phi) is 10.2. The monoisotopic (exact) mass is 452 g/mol. The van der Waals surface area contributed by atoms with Gasteiger partial charge in [0.2, 0.25) is 8.32 Å². The molecule has 0 aliphatic heterocycles. The molecule has 0 heterocycles. The Balaban J connectivity index is 3.07. The zero-order valence-electron chi connectivity index (χ0n) is 19.6. The van der Waals surface area contributed by atoms with Gasteiger partial charge in [-0.25, -0.2) is 8.42 Å². The Morgan fingerprint density at radius 1 is 1.03 bits per heavy atom. The van der Waals surface area contributed by atoms with Crippen LogP contribution in [0.3, 0.4) is 0 Å². The third kappa shape index (κ3) is 7.78. The van der Waals surface area contributed by atoms with E-state index in [2.05, 4.69) is 51.9 Å². The Labute approximate surface area is 185 Å². The van der Waals surface area contributed by atoms with E-state index in [1.54, 1.807) is 12.1 Å². The van der Waals surface area contributed by atoms with Gasteiger partial charge in [0.25, 0.3) is 10.0 Å². The highest BCUT2D eigenvalue weighted by molar-refractivity contribution is 7.89. The number of nitrogens with zero attached hydrogens (tertiary/aromatic N) is 2. The van der Waals surface area contributed by atoms with Crippen molar-refractivity contribution in [2.45, 2.75) is 63.6 Å². The van der Waals surface area contributed by atoms with Gasteiger partial charge in [-0.15, -0.1) is 13.2 Å². The van der Waals surface area contributed by atoms with Crippen molar-refractivity contribution in [3.8, 4) is 0 Å². The molecule has 1 aromatic rings. The fourth-order valence-electron chi connectivity index (χ4n) is 2.61. The van der Waals surface area contributed by atoms with Crippen LogP contribution in [0.1, 0.15) is 39.2 Å². The molecule has 1 aromatic carbocycles. The first-order valence-electron chi connectivity index (χ1n) is 10.6. The second-order valence-corrected chi connectivity index (χ2v) is 15.7. The molecule has 0 saturated carbocycles. The minimum atomic E-state index is -3.75. The topological polar surface area (TPSA) is 49.9 Å². The summed E-state index contributed by atoms with van der Waals surface area (Å²) in [5.41, 5.74) is 1.02. The molecule has 0 radical (unpaired) electrons. The quantitative estimate of drug-likeness (QED) is 0.229. The summed E-state index contributed by atoms with van der Waals surface area (Å²) in [6, 6.07) is 6.94. The number of hydrogen-bond acceptors (Lipinski definition) is 4. The maximum absolute atomic E-state index is 13.4. The molecule has 0 aliphatic rings. The van der Waals surface area contributed by atoms with Crippen molar-refractivity contribution in [3.63, 3.8) is 0 Å². The highest BCUT2D eigenvalue weighted by Gasteiger charge is 2.42. The molecule has 1 rings (SSSR count). The summed E-state index contributed by atoms with van der Waals surface area (Å²) < 4.78 is 34.4. The molecule has 0 aliphatic carbocycles. The van der Waals surface area contributed by atoms with Crippen LogP contribution in [-0.2, 0) is 14.6 Å². The lowest BCUT2D eigenvalue weighted by atomic mass is 10.2. The maximum atomic E-state index is 13.4. The molecule has 0 unspecified atom stereocenters. The highest BCUT2D eigenvalue weighted by Crippen LogP contribution is 2.38. The summed E-state index contributed by atoms with van der Waals surface area (Å²) in [4.78, 5) is 2.51. The van der Waals surface area contributed by atoms with Gasteiger partial charge in [0.1, 0.15) is 0 Å². The number of aryl methyl sites for hydroxylation is 1. The van der Waals surface area contributed by atoms with Gasteiger partial charge in [-0.1, -0.05) is 55.1 Å². The predicted octanol–water partition coefficient (Wildman–Crippen LogP) is 5.38. The molecule has 7 heteroatoms. The smallest absolute Gasteiger partial charge is 0.264 e. The van der Waals surface area contributed by atoms with Crippen molar-refractivity contribution in [2.24, 2.45) is 0 Å². The second kappa shape index (κ2) is 11.4. The van der Waals surface area contributed by atoms with Gasteiger partial charge in [-0.05, 0) is 56.6 Å². The summed E-state index contributed by atoms with van der Waals surface area (Å²) in [7, 11) is -6.08. The molecule has 0 fully saturated rings. The predicted molar refractivity (Wildman–Crippen MR) is 129 cm³/mol. The fraction of sp³-hybridized carbons (Fsp3) is 0.565. The summed E-state index contributed by atoms with van der Waals surface area (Å²) in [5, 5.41) is -0.104. The third-order valence-corrected chi connectivity index (χ3v) is 11.7. The van der Waals surface area contributed by atoms with Crippen LogP contribution in [0.15, 0.2) is 54.5 Å². The van der Waals surface area contributed by atoms with Gasteiger partial charge < -0.3 is 4.53 Å². The van der Waals surface area contributed by atoms with Crippen LogP contribution < -0.4 is 0 Å². The van der Waals surface area contributed by atoms with Crippen LogP contribution in [-0.4, -0.2) is 52.3 Å². The second-order valence-electron chi connectivity index (χ2n) is 9.22. The number of hydrogen-bond donors (Lipinski definition) is 0. The van der Waals surface area contributed by atoms with E-state index in [9.17, 15) is 8.42 Å². The Morgan fingerprint density at radius 3 is 2.13 bits per heavy atom. The van der Waals surface area contributed by atoms with E-state index in [0.717, 1.165) is 31.6 Å². The molecule has 0 N–H and O–H groups in total. The van der Waals surface area contributed by atoms with Crippen LogP contribution in [0.25, 0.3) is 0 Å². The van der Waals surface area contributed by atoms with Gasteiger partial charge in [0.15, 0.2) is 0 Å². The first-order chi connectivity index (χ1) is 13.8. The van der Waals surface area contributed by atoms with Crippen molar-refractivity contribution in [1.29, 1.82) is 0 Å². The molecule has 0 aromatic heterocycles. The lowest BCUT2D eigenvalue weighted by Crippen LogP contribution is -2.49. The number of sulfonamides is 1. The zero-order chi connectivity index (χ0) is 23.0. The summed E-state index contributed by atoms with van der Waals surface area (Å²) in [6.07, 6.45) is 5.32. The van der Waals surface area contributed by atoms with Crippen molar-refractivity contribution in [2.75, 3.05) is 26.2 Å². The molecular weight excluding hydrogens is 412 g/mol. The van der Waals surface area contributed by atoms with Crippen molar-refractivity contribution in [3.05, 3.63) is 55.1 Å². The standard InChI is InChI=1S/C23H40N2O3SSi/c1-9-11-18-24(17-10-2)19-12-20-25(28-30(7,8)23(4,5)6)29(26,27)22-15-13-21(3)14-16-22/h9-10,13-16H,1-2,11-12,17-20H2,3-8H3. The van der Waals surface area contributed by atoms with E-state index in [1.807, 2.05) is 31.2 Å². The van der Waals surface area contributed by atoms with Gasteiger partial charge in [0.05, 0.1) is 4.90 Å². The van der Waals surface area contributed by atoms with E-state index in [0.29, 0.717) is 13.0 Å². The molecule has 0 amide bonds. The van der Waals surface area contributed by atoms with E-state index >= 15 is 0 Å². The number of rotatable bonds is 13. The van der Waals surface area contributed by atoms with Crippen molar-refractivity contribution in [1.82, 2.24) is 9.37 Å². The van der Waals surface area contributed by atoms with Crippen LogP contribution in [0, 0.1) is 6.92 Å². The summed E-state index contributed by atoms with van der Waals surface area (Å²) >= 11 is 0. The first-order valence-corrected chi connectivity index (χ1v) is 14.9. The third-order valence-electron chi connectivity index (χ3n) is 5.57.